The molecule has 156 valence electrons. The number of fused-ring (bicyclic) bond motifs is 2. The summed E-state index contributed by atoms with van der Waals surface area (Å²) in [5.74, 6) is 0.875. The molecule has 0 saturated carbocycles. The van der Waals surface area contributed by atoms with Gasteiger partial charge in [-0.05, 0) is 42.5 Å². The number of thiazole rings is 1. The van der Waals surface area contributed by atoms with E-state index in [1.165, 1.54) is 11.8 Å². The van der Waals surface area contributed by atoms with Crippen LogP contribution in [0.15, 0.2) is 63.9 Å². The van der Waals surface area contributed by atoms with Gasteiger partial charge in [0.25, 0.3) is 0 Å². The van der Waals surface area contributed by atoms with Crippen LogP contribution in [0.3, 0.4) is 0 Å². The Hall–Kier alpha value is -2.81. The first-order chi connectivity index (χ1) is 15.0. The van der Waals surface area contributed by atoms with Crippen LogP contribution in [-0.4, -0.2) is 22.0 Å². The number of para-hydroxylation sites is 1. The molecule has 9 heteroatoms. The third-order valence-corrected chi connectivity index (χ3v) is 7.32. The number of aromatic nitrogens is 1. The van der Waals surface area contributed by atoms with Crippen molar-refractivity contribution in [1.29, 1.82) is 0 Å². The first-order valence-corrected chi connectivity index (χ1v) is 11.6. The number of nitrogens with one attached hydrogen (secondary N) is 2. The maximum atomic E-state index is 12.4. The van der Waals surface area contributed by atoms with Gasteiger partial charge in [0.15, 0.2) is 10.8 Å². The number of hydrogen-bond donors (Lipinski definition) is 2. The predicted octanol–water partition coefficient (Wildman–Crippen LogP) is 5.33. The second-order valence-corrected chi connectivity index (χ2v) is 9.68. The number of thioether (sulfide) groups is 1. The average Bonchev–Trinajstić information content (AvgIpc) is 3.40. The van der Waals surface area contributed by atoms with Crippen LogP contribution in [0.2, 0.25) is 5.02 Å². The fourth-order valence-corrected chi connectivity index (χ4v) is 5.44. The molecule has 2 aromatic carbocycles. The number of rotatable bonds is 5. The van der Waals surface area contributed by atoms with Crippen LogP contribution in [-0.2, 0) is 16.1 Å². The van der Waals surface area contributed by atoms with Crippen LogP contribution in [0.4, 0.5) is 5.69 Å². The summed E-state index contributed by atoms with van der Waals surface area (Å²) in [5, 5.41) is 6.50. The molecule has 3 heterocycles. The molecule has 31 heavy (non-hydrogen) atoms. The number of carbonyl (C=O) groups is 2. The number of anilines is 1. The van der Waals surface area contributed by atoms with Gasteiger partial charge in [-0.15, -0.1) is 23.1 Å². The van der Waals surface area contributed by atoms with Crippen molar-refractivity contribution in [2.45, 2.75) is 23.1 Å². The monoisotopic (exact) mass is 469 g/mol. The second kappa shape index (κ2) is 8.37. The molecule has 0 saturated heterocycles. The second-order valence-electron chi connectivity index (χ2n) is 6.97. The molecule has 0 spiro atoms. The quantitative estimate of drug-likeness (QED) is 0.412. The summed E-state index contributed by atoms with van der Waals surface area (Å²) in [7, 11) is 0. The maximum Gasteiger partial charge on any atom is 0.238 e. The molecule has 0 bridgehead atoms. The summed E-state index contributed by atoms with van der Waals surface area (Å²) < 4.78 is 6.95. The van der Waals surface area contributed by atoms with E-state index in [0.717, 1.165) is 20.1 Å². The zero-order valence-electron chi connectivity index (χ0n) is 16.1. The maximum absolute atomic E-state index is 12.4. The van der Waals surface area contributed by atoms with Crippen molar-refractivity contribution in [3.05, 3.63) is 65.4 Å². The lowest BCUT2D eigenvalue weighted by Crippen LogP contribution is -2.34. The Morgan fingerprint density at radius 3 is 2.94 bits per heavy atom. The lowest BCUT2D eigenvalue weighted by atomic mass is 10.2. The Morgan fingerprint density at radius 2 is 2.06 bits per heavy atom. The van der Waals surface area contributed by atoms with Gasteiger partial charge in [-0.3, -0.25) is 9.59 Å². The molecule has 2 aromatic heterocycles. The molecule has 2 N–H and O–H groups in total. The standard InChI is InChI=1S/C22H16ClN3O3S2/c23-12-5-8-18-15(9-12)25-21(28)19(30-18)10-20(27)24-11-13-6-7-16(29-13)22-26-14-3-1-2-4-17(14)31-22/h1-9,19H,10-11H2,(H,24,27)(H,25,28). The Morgan fingerprint density at radius 1 is 1.19 bits per heavy atom. The Kier molecular flexibility index (Phi) is 5.43. The molecule has 1 aliphatic rings. The van der Waals surface area contributed by atoms with Crippen molar-refractivity contribution in [3.8, 4) is 10.8 Å². The van der Waals surface area contributed by atoms with Gasteiger partial charge < -0.3 is 15.1 Å². The smallest absolute Gasteiger partial charge is 0.238 e. The topological polar surface area (TPSA) is 84.2 Å². The lowest BCUT2D eigenvalue weighted by molar-refractivity contribution is -0.124. The summed E-state index contributed by atoms with van der Waals surface area (Å²) in [5.41, 5.74) is 1.61. The molecule has 5 rings (SSSR count). The van der Waals surface area contributed by atoms with E-state index in [1.807, 2.05) is 42.5 Å². The third-order valence-electron chi connectivity index (χ3n) is 4.76. The van der Waals surface area contributed by atoms with Gasteiger partial charge in [0.05, 0.1) is 27.7 Å². The highest BCUT2D eigenvalue weighted by molar-refractivity contribution is 8.01. The van der Waals surface area contributed by atoms with Crippen LogP contribution in [0.1, 0.15) is 12.2 Å². The zero-order valence-corrected chi connectivity index (χ0v) is 18.4. The van der Waals surface area contributed by atoms with Crippen LogP contribution >= 0.6 is 34.7 Å². The first kappa shape index (κ1) is 20.1. The molecular formula is C22H16ClN3O3S2. The van der Waals surface area contributed by atoms with Crippen LogP contribution in [0.5, 0.6) is 0 Å². The minimum absolute atomic E-state index is 0.0734. The Labute approximate surface area is 191 Å². The van der Waals surface area contributed by atoms with Gasteiger partial charge in [-0.25, -0.2) is 4.98 Å². The zero-order chi connectivity index (χ0) is 21.4. The summed E-state index contributed by atoms with van der Waals surface area (Å²) >= 11 is 8.89. The molecule has 0 radical (unpaired) electrons. The molecule has 1 unspecified atom stereocenters. The van der Waals surface area contributed by atoms with E-state index in [0.29, 0.717) is 22.2 Å². The number of hydrogen-bond acceptors (Lipinski definition) is 6. The molecule has 1 atom stereocenters. The molecular weight excluding hydrogens is 454 g/mol. The molecule has 4 aromatic rings. The normalized spacial score (nSPS) is 15.5. The summed E-state index contributed by atoms with van der Waals surface area (Å²) in [6.07, 6.45) is 0.0734. The Bertz CT molecular complexity index is 1270. The van der Waals surface area contributed by atoms with Crippen LogP contribution < -0.4 is 10.6 Å². The van der Waals surface area contributed by atoms with Crippen molar-refractivity contribution < 1.29 is 14.0 Å². The Balaban J connectivity index is 1.19. The van der Waals surface area contributed by atoms with Crippen LogP contribution in [0, 0.1) is 0 Å². The fourth-order valence-electron chi connectivity index (χ4n) is 3.25. The SMILES string of the molecule is O=C(CC1Sc2ccc(Cl)cc2NC1=O)NCc1ccc(-c2nc3ccccc3s2)o1. The number of furan rings is 1. The minimum Gasteiger partial charge on any atom is -0.457 e. The first-order valence-electron chi connectivity index (χ1n) is 9.53. The number of benzene rings is 2. The van der Waals surface area contributed by atoms with E-state index in [-0.39, 0.29) is 24.8 Å². The van der Waals surface area contributed by atoms with E-state index in [9.17, 15) is 9.59 Å². The minimum atomic E-state index is -0.497. The highest BCUT2D eigenvalue weighted by Crippen LogP contribution is 2.38. The van der Waals surface area contributed by atoms with Crippen molar-refractivity contribution in [2.75, 3.05) is 5.32 Å². The summed E-state index contributed by atoms with van der Waals surface area (Å²) in [6.45, 7) is 0.245. The third kappa shape index (κ3) is 4.32. The fraction of sp³-hybridized carbons (Fsp3) is 0.136. The number of carbonyl (C=O) groups excluding carboxylic acids is 2. The molecule has 1 aliphatic heterocycles. The molecule has 0 fully saturated rings. The number of halogens is 1. The van der Waals surface area contributed by atoms with Crippen molar-refractivity contribution in [2.24, 2.45) is 0 Å². The van der Waals surface area contributed by atoms with Gasteiger partial charge in [0, 0.05) is 16.3 Å². The predicted molar refractivity (Wildman–Crippen MR) is 124 cm³/mol. The summed E-state index contributed by atoms with van der Waals surface area (Å²) in [4.78, 5) is 30.2. The van der Waals surface area contributed by atoms with E-state index in [1.54, 1.807) is 23.5 Å². The number of amides is 2. The molecule has 2 amide bonds. The lowest BCUT2D eigenvalue weighted by Gasteiger charge is -2.23. The van der Waals surface area contributed by atoms with Crippen molar-refractivity contribution >= 4 is 62.4 Å². The molecule has 6 nitrogen and oxygen atoms in total. The summed E-state index contributed by atoms with van der Waals surface area (Å²) in [6, 6.07) is 16.9. The molecule has 0 aliphatic carbocycles. The largest absolute Gasteiger partial charge is 0.457 e. The van der Waals surface area contributed by atoms with Gasteiger partial charge in [0.1, 0.15) is 5.76 Å². The van der Waals surface area contributed by atoms with Gasteiger partial charge in [-0.2, -0.15) is 0 Å². The van der Waals surface area contributed by atoms with E-state index < -0.39 is 5.25 Å². The highest BCUT2D eigenvalue weighted by atomic mass is 35.5. The highest BCUT2D eigenvalue weighted by Gasteiger charge is 2.29. The van der Waals surface area contributed by atoms with Gasteiger partial charge in [0.2, 0.25) is 11.8 Å². The van der Waals surface area contributed by atoms with Gasteiger partial charge >= 0.3 is 0 Å². The van der Waals surface area contributed by atoms with E-state index in [2.05, 4.69) is 15.6 Å². The van der Waals surface area contributed by atoms with E-state index >= 15 is 0 Å². The van der Waals surface area contributed by atoms with Crippen molar-refractivity contribution in [1.82, 2.24) is 10.3 Å². The number of nitrogens with zero attached hydrogens (tertiary/aromatic N) is 1. The van der Waals surface area contributed by atoms with Crippen LogP contribution in [0.25, 0.3) is 21.0 Å². The average molecular weight is 470 g/mol. The van der Waals surface area contributed by atoms with Crippen molar-refractivity contribution in [3.63, 3.8) is 0 Å². The van der Waals surface area contributed by atoms with E-state index in [4.69, 9.17) is 16.0 Å². The van der Waals surface area contributed by atoms with Gasteiger partial charge in [-0.1, -0.05) is 23.7 Å².